The van der Waals surface area contributed by atoms with Gasteiger partial charge in [0.25, 0.3) is 0 Å². The monoisotopic (exact) mass is 230 g/mol. The summed E-state index contributed by atoms with van der Waals surface area (Å²) in [5.74, 6) is 0.478. The number of hydrogen-bond donors (Lipinski definition) is 1. The zero-order valence-electron chi connectivity index (χ0n) is 10.1. The van der Waals surface area contributed by atoms with Crippen molar-refractivity contribution in [3.8, 4) is 0 Å². The molecule has 1 heterocycles. The minimum Gasteiger partial charge on any atom is -0.340 e. The highest BCUT2D eigenvalue weighted by atomic mass is 16.2. The highest BCUT2D eigenvalue weighted by Gasteiger charge is 2.33. The summed E-state index contributed by atoms with van der Waals surface area (Å²) >= 11 is 0. The lowest BCUT2D eigenvalue weighted by atomic mass is 10.0. The summed E-state index contributed by atoms with van der Waals surface area (Å²) in [6.45, 7) is 1.89. The van der Waals surface area contributed by atoms with Gasteiger partial charge in [-0.05, 0) is 24.0 Å². The van der Waals surface area contributed by atoms with Crippen molar-refractivity contribution >= 4 is 5.91 Å². The van der Waals surface area contributed by atoms with E-state index in [0.717, 1.165) is 25.9 Å². The minimum atomic E-state index is 0.165. The van der Waals surface area contributed by atoms with Crippen molar-refractivity contribution in [2.75, 3.05) is 20.1 Å². The molecule has 1 aromatic rings. The first-order valence-corrected chi connectivity index (χ1v) is 6.30. The minimum absolute atomic E-state index is 0.165. The van der Waals surface area contributed by atoms with Gasteiger partial charge in [0.2, 0.25) is 5.91 Å². The number of benzene rings is 1. The predicted octanol–water partition coefficient (Wildman–Crippen LogP) is 0.832. The molecule has 2 aliphatic rings. The van der Waals surface area contributed by atoms with Crippen molar-refractivity contribution < 1.29 is 4.79 Å². The first-order chi connectivity index (χ1) is 8.25. The van der Waals surface area contributed by atoms with Crippen LogP contribution in [-0.2, 0) is 17.6 Å². The molecule has 3 heteroatoms. The van der Waals surface area contributed by atoms with Crippen LogP contribution in [0.25, 0.3) is 0 Å². The lowest BCUT2D eigenvalue weighted by molar-refractivity contribution is -0.136. The molecule has 0 saturated carbocycles. The molecule has 1 aliphatic carbocycles. The lowest BCUT2D eigenvalue weighted by Crippen LogP contribution is -2.58. The molecule has 3 nitrogen and oxygen atoms in total. The number of likely N-dealkylation sites (N-methyl/N-ethyl adjacent to an activating group) is 1. The molecule has 1 aliphatic heterocycles. The highest BCUT2D eigenvalue weighted by Crippen LogP contribution is 2.28. The molecule has 1 aromatic carbocycles. The molecule has 3 rings (SSSR count). The van der Waals surface area contributed by atoms with E-state index >= 15 is 0 Å². The largest absolute Gasteiger partial charge is 0.340 e. The van der Waals surface area contributed by atoms with Crippen LogP contribution in [0.4, 0.5) is 0 Å². The Morgan fingerprint density at radius 3 is 2.29 bits per heavy atom. The first kappa shape index (κ1) is 10.8. The third-order valence-corrected chi connectivity index (χ3v) is 4.06. The zero-order valence-corrected chi connectivity index (χ0v) is 10.1. The van der Waals surface area contributed by atoms with Crippen LogP contribution in [0.1, 0.15) is 11.1 Å². The van der Waals surface area contributed by atoms with Gasteiger partial charge in [-0.15, -0.1) is 0 Å². The van der Waals surface area contributed by atoms with E-state index in [1.807, 2.05) is 11.9 Å². The Hall–Kier alpha value is -1.35. The quantitative estimate of drug-likeness (QED) is 0.816. The normalized spacial score (nSPS) is 19.8. The molecule has 0 radical (unpaired) electrons. The van der Waals surface area contributed by atoms with Crippen LogP contribution in [-0.4, -0.2) is 37.0 Å². The van der Waals surface area contributed by atoms with Crippen molar-refractivity contribution in [3.63, 3.8) is 0 Å². The van der Waals surface area contributed by atoms with Gasteiger partial charge < -0.3 is 10.2 Å². The van der Waals surface area contributed by atoms with Crippen LogP contribution in [0.15, 0.2) is 24.3 Å². The molecule has 0 aromatic heterocycles. The molecule has 17 heavy (non-hydrogen) atoms. The van der Waals surface area contributed by atoms with E-state index in [0.29, 0.717) is 11.9 Å². The van der Waals surface area contributed by atoms with Gasteiger partial charge in [0.15, 0.2) is 0 Å². The Kier molecular flexibility index (Phi) is 2.63. The van der Waals surface area contributed by atoms with Crippen LogP contribution in [0, 0.1) is 5.92 Å². The molecule has 90 valence electrons. The van der Waals surface area contributed by atoms with E-state index in [1.54, 1.807) is 0 Å². The van der Waals surface area contributed by atoms with E-state index in [2.05, 4.69) is 29.6 Å². The maximum Gasteiger partial charge on any atom is 0.226 e. The van der Waals surface area contributed by atoms with E-state index in [1.165, 1.54) is 11.1 Å². The highest BCUT2D eigenvalue weighted by molar-refractivity contribution is 5.80. The zero-order chi connectivity index (χ0) is 11.8. The Labute approximate surface area is 102 Å². The number of amides is 1. The van der Waals surface area contributed by atoms with Gasteiger partial charge in [0.05, 0.1) is 6.04 Å². The summed E-state index contributed by atoms with van der Waals surface area (Å²) in [5.41, 5.74) is 2.71. The molecule has 1 saturated heterocycles. The summed E-state index contributed by atoms with van der Waals surface area (Å²) in [6.07, 6.45) is 1.83. The Morgan fingerprint density at radius 2 is 1.82 bits per heavy atom. The van der Waals surface area contributed by atoms with Crippen LogP contribution in [0.3, 0.4) is 0 Å². The number of carbonyl (C=O) groups excluding carboxylic acids is 1. The number of hydrogen-bond acceptors (Lipinski definition) is 2. The van der Waals surface area contributed by atoms with Crippen LogP contribution in [0.5, 0.6) is 0 Å². The predicted molar refractivity (Wildman–Crippen MR) is 66.8 cm³/mol. The molecule has 0 spiro atoms. The molecule has 1 N–H and O–H groups in total. The van der Waals surface area contributed by atoms with Gasteiger partial charge in [0.1, 0.15) is 0 Å². The van der Waals surface area contributed by atoms with E-state index < -0.39 is 0 Å². The first-order valence-electron chi connectivity index (χ1n) is 6.30. The van der Waals surface area contributed by atoms with Gasteiger partial charge in [0, 0.05) is 26.1 Å². The van der Waals surface area contributed by atoms with Crippen LogP contribution < -0.4 is 5.32 Å². The summed E-state index contributed by atoms with van der Waals surface area (Å²) in [7, 11) is 1.94. The average molecular weight is 230 g/mol. The fraction of sp³-hybridized carbons (Fsp3) is 0.500. The smallest absolute Gasteiger partial charge is 0.226 e. The van der Waals surface area contributed by atoms with E-state index in [4.69, 9.17) is 0 Å². The topological polar surface area (TPSA) is 32.3 Å². The molecular formula is C14H18N2O. The Balaban J connectivity index is 1.69. The number of rotatable bonds is 2. The number of nitrogens with zero attached hydrogens (tertiary/aromatic N) is 1. The Morgan fingerprint density at radius 1 is 1.24 bits per heavy atom. The second-order valence-electron chi connectivity index (χ2n) is 5.14. The summed E-state index contributed by atoms with van der Waals surface area (Å²) < 4.78 is 0. The van der Waals surface area contributed by atoms with Crippen LogP contribution in [0.2, 0.25) is 0 Å². The van der Waals surface area contributed by atoms with Gasteiger partial charge in [-0.25, -0.2) is 0 Å². The third kappa shape index (κ3) is 1.84. The second kappa shape index (κ2) is 4.15. The summed E-state index contributed by atoms with van der Waals surface area (Å²) in [5, 5.41) is 3.21. The van der Waals surface area contributed by atoms with Gasteiger partial charge in [-0.1, -0.05) is 24.3 Å². The van der Waals surface area contributed by atoms with Crippen molar-refractivity contribution in [2.45, 2.75) is 18.9 Å². The molecule has 1 fully saturated rings. The molecule has 1 amide bonds. The molecule has 0 atom stereocenters. The molecular weight excluding hydrogens is 212 g/mol. The van der Waals surface area contributed by atoms with Crippen molar-refractivity contribution in [2.24, 2.45) is 5.92 Å². The van der Waals surface area contributed by atoms with Gasteiger partial charge >= 0.3 is 0 Å². The maximum atomic E-state index is 12.3. The van der Waals surface area contributed by atoms with Gasteiger partial charge in [-0.2, -0.15) is 0 Å². The lowest BCUT2D eigenvalue weighted by Gasteiger charge is -2.36. The van der Waals surface area contributed by atoms with Crippen molar-refractivity contribution in [1.82, 2.24) is 10.2 Å². The summed E-state index contributed by atoms with van der Waals surface area (Å²) in [6, 6.07) is 8.82. The number of nitrogens with one attached hydrogen (secondary N) is 1. The van der Waals surface area contributed by atoms with E-state index in [9.17, 15) is 4.79 Å². The average Bonchev–Trinajstić information content (AvgIpc) is 2.68. The Bertz CT molecular complexity index is 415. The molecule has 0 unspecified atom stereocenters. The van der Waals surface area contributed by atoms with Crippen LogP contribution >= 0.6 is 0 Å². The SMILES string of the molecule is CN(C(=O)C1Cc2ccccc2C1)C1CNC1. The van der Waals surface area contributed by atoms with Crippen molar-refractivity contribution in [3.05, 3.63) is 35.4 Å². The summed E-state index contributed by atoms with van der Waals surface area (Å²) in [4.78, 5) is 14.3. The molecule has 0 bridgehead atoms. The second-order valence-corrected chi connectivity index (χ2v) is 5.14. The standard InChI is InChI=1S/C14H18N2O/c1-16(13-8-15-9-13)14(17)12-6-10-4-2-3-5-11(10)7-12/h2-5,12-13,15H,6-9H2,1H3. The fourth-order valence-electron chi connectivity index (χ4n) is 2.75. The maximum absolute atomic E-state index is 12.3. The fourth-order valence-corrected chi connectivity index (χ4v) is 2.75. The number of carbonyl (C=O) groups is 1. The number of fused-ring (bicyclic) bond motifs is 1. The van der Waals surface area contributed by atoms with Gasteiger partial charge in [-0.3, -0.25) is 4.79 Å². The van der Waals surface area contributed by atoms with Crippen molar-refractivity contribution in [1.29, 1.82) is 0 Å². The van der Waals surface area contributed by atoms with E-state index in [-0.39, 0.29) is 5.92 Å². The third-order valence-electron chi connectivity index (χ3n) is 4.06.